The highest BCUT2D eigenvalue weighted by Gasteiger charge is 2.27. The fourth-order valence-corrected chi connectivity index (χ4v) is 6.10. The summed E-state index contributed by atoms with van der Waals surface area (Å²) >= 11 is 1.24. The molecule has 1 aliphatic rings. The van der Waals surface area contributed by atoms with Gasteiger partial charge in [0.05, 0.1) is 25.9 Å². The standard InChI is InChI=1S/C35H46N6O6S/c1-8-39(34(45)47-35(4,5)6)17-16-36-30(42)22-40(23-31(43)38(7)41-20-26-12-10-11-13-27(26)21-41)28-15-14-25(18-24(28)3)32-37-19-29(48-32)33(44)46-9-2/h10-15,18-19H,8-9,16-17,20-23H2,1-7H3,(H,36,42). The molecular formula is C35H46N6O6S. The molecule has 0 radical (unpaired) electrons. The molecular weight excluding hydrogens is 632 g/mol. The van der Waals surface area contributed by atoms with Crippen molar-refractivity contribution in [1.29, 1.82) is 0 Å². The van der Waals surface area contributed by atoms with Gasteiger partial charge in [0.25, 0.3) is 5.91 Å². The second-order valence-electron chi connectivity index (χ2n) is 12.5. The Labute approximate surface area is 286 Å². The third kappa shape index (κ3) is 9.54. The molecule has 0 atom stereocenters. The summed E-state index contributed by atoms with van der Waals surface area (Å²) in [5.74, 6) is -0.870. The number of anilines is 1. The number of esters is 1. The van der Waals surface area contributed by atoms with Gasteiger partial charge in [-0.2, -0.15) is 0 Å². The van der Waals surface area contributed by atoms with Crippen molar-refractivity contribution in [2.45, 2.75) is 60.2 Å². The lowest BCUT2D eigenvalue weighted by molar-refractivity contribution is -0.145. The number of nitrogens with zero attached hydrogens (tertiary/aromatic N) is 5. The highest BCUT2D eigenvalue weighted by Crippen LogP contribution is 2.31. The number of ether oxygens (including phenoxy) is 2. The average molecular weight is 679 g/mol. The van der Waals surface area contributed by atoms with E-state index in [4.69, 9.17) is 9.47 Å². The molecule has 0 bridgehead atoms. The topological polar surface area (TPSA) is 125 Å². The Morgan fingerprint density at radius 3 is 2.31 bits per heavy atom. The first-order chi connectivity index (χ1) is 22.8. The lowest BCUT2D eigenvalue weighted by Gasteiger charge is -2.32. The molecule has 0 saturated heterocycles. The number of fused-ring (bicyclic) bond motifs is 1. The molecule has 13 heteroatoms. The van der Waals surface area contributed by atoms with Crippen molar-refractivity contribution in [3.63, 3.8) is 0 Å². The highest BCUT2D eigenvalue weighted by atomic mass is 32.1. The quantitative estimate of drug-likeness (QED) is 0.252. The van der Waals surface area contributed by atoms with Crippen LogP contribution in [0, 0.1) is 6.92 Å². The van der Waals surface area contributed by atoms with Crippen LogP contribution in [0.15, 0.2) is 48.7 Å². The molecule has 0 unspecified atom stereocenters. The molecule has 258 valence electrons. The van der Waals surface area contributed by atoms with Crippen LogP contribution in [0.3, 0.4) is 0 Å². The Kier molecular flexibility index (Phi) is 12.2. The first-order valence-corrected chi connectivity index (χ1v) is 16.9. The molecule has 3 aromatic rings. The van der Waals surface area contributed by atoms with Crippen molar-refractivity contribution in [1.82, 2.24) is 25.2 Å². The number of hydrogen-bond donors (Lipinski definition) is 1. The summed E-state index contributed by atoms with van der Waals surface area (Å²) < 4.78 is 10.6. The van der Waals surface area contributed by atoms with Gasteiger partial charge in [0, 0.05) is 51.0 Å². The van der Waals surface area contributed by atoms with Crippen molar-refractivity contribution >= 4 is 40.9 Å². The summed E-state index contributed by atoms with van der Waals surface area (Å²) in [6, 6.07) is 13.8. The zero-order valence-corrected chi connectivity index (χ0v) is 29.7. The molecule has 2 aromatic carbocycles. The normalized spacial score (nSPS) is 12.6. The number of carbonyl (C=O) groups is 4. The van der Waals surface area contributed by atoms with Gasteiger partial charge >= 0.3 is 12.1 Å². The van der Waals surface area contributed by atoms with E-state index in [9.17, 15) is 19.2 Å². The minimum Gasteiger partial charge on any atom is -0.462 e. The zero-order valence-electron chi connectivity index (χ0n) is 28.9. The van der Waals surface area contributed by atoms with E-state index in [-0.39, 0.29) is 44.6 Å². The maximum atomic E-state index is 13.7. The van der Waals surface area contributed by atoms with E-state index in [0.717, 1.165) is 11.1 Å². The van der Waals surface area contributed by atoms with Crippen molar-refractivity contribution in [3.05, 3.63) is 70.2 Å². The first kappa shape index (κ1) is 36.3. The molecule has 48 heavy (non-hydrogen) atoms. The maximum Gasteiger partial charge on any atom is 0.410 e. The molecule has 0 aliphatic carbocycles. The van der Waals surface area contributed by atoms with Gasteiger partial charge in [0.1, 0.15) is 15.5 Å². The van der Waals surface area contributed by atoms with Crippen molar-refractivity contribution in [2.24, 2.45) is 0 Å². The van der Waals surface area contributed by atoms with Gasteiger partial charge in [0.15, 0.2) is 0 Å². The fourth-order valence-electron chi connectivity index (χ4n) is 5.29. The van der Waals surface area contributed by atoms with E-state index in [0.29, 0.717) is 35.2 Å². The Morgan fingerprint density at radius 2 is 1.71 bits per heavy atom. The zero-order chi connectivity index (χ0) is 35.0. The summed E-state index contributed by atoms with van der Waals surface area (Å²) in [7, 11) is 1.75. The third-order valence-electron chi connectivity index (χ3n) is 7.77. The fraction of sp³-hybridized carbons (Fsp3) is 0.457. The first-order valence-electron chi connectivity index (χ1n) is 16.1. The number of carbonyl (C=O) groups excluding carboxylic acids is 4. The molecule has 2 heterocycles. The van der Waals surface area contributed by atoms with Crippen LogP contribution in [0.1, 0.15) is 61.0 Å². The van der Waals surface area contributed by atoms with Gasteiger partial charge in [-0.05, 0) is 76.4 Å². The average Bonchev–Trinajstić information content (AvgIpc) is 3.70. The number of nitrogens with one attached hydrogen (secondary N) is 1. The lowest BCUT2D eigenvalue weighted by Crippen LogP contribution is -2.48. The number of hydrogen-bond acceptors (Lipinski definition) is 10. The predicted octanol–water partition coefficient (Wildman–Crippen LogP) is 4.86. The third-order valence-corrected chi connectivity index (χ3v) is 8.80. The number of benzene rings is 2. The van der Waals surface area contributed by atoms with Crippen LogP contribution in [0.25, 0.3) is 10.6 Å². The Bertz CT molecular complexity index is 1590. The van der Waals surface area contributed by atoms with Crippen LogP contribution in [-0.4, -0.2) is 95.8 Å². The van der Waals surface area contributed by atoms with E-state index in [1.807, 2.05) is 70.0 Å². The summed E-state index contributed by atoms with van der Waals surface area (Å²) in [6.07, 6.45) is 1.06. The van der Waals surface area contributed by atoms with E-state index in [2.05, 4.69) is 22.4 Å². The van der Waals surface area contributed by atoms with Crippen LogP contribution in [0.4, 0.5) is 10.5 Å². The van der Waals surface area contributed by atoms with Gasteiger partial charge in [0.2, 0.25) is 5.91 Å². The second-order valence-corrected chi connectivity index (χ2v) is 13.6. The summed E-state index contributed by atoms with van der Waals surface area (Å²) in [4.78, 5) is 59.8. The Hall–Kier alpha value is -4.49. The summed E-state index contributed by atoms with van der Waals surface area (Å²) in [5.41, 5.74) is 4.09. The largest absolute Gasteiger partial charge is 0.462 e. The number of likely N-dealkylation sites (N-methyl/N-ethyl adjacent to an activating group) is 2. The second kappa shape index (κ2) is 16.1. The monoisotopic (exact) mass is 678 g/mol. The Balaban J connectivity index is 1.49. The van der Waals surface area contributed by atoms with Crippen LogP contribution >= 0.6 is 11.3 Å². The minimum absolute atomic E-state index is 0.0415. The van der Waals surface area contributed by atoms with E-state index in [1.165, 1.54) is 33.6 Å². The van der Waals surface area contributed by atoms with Crippen molar-refractivity contribution in [3.8, 4) is 10.6 Å². The minimum atomic E-state index is -0.623. The van der Waals surface area contributed by atoms with Gasteiger partial charge < -0.3 is 24.6 Å². The molecule has 1 aliphatic heterocycles. The van der Waals surface area contributed by atoms with Crippen LogP contribution in [0.2, 0.25) is 0 Å². The van der Waals surface area contributed by atoms with Crippen LogP contribution in [0.5, 0.6) is 0 Å². The molecule has 3 amide bonds. The highest BCUT2D eigenvalue weighted by molar-refractivity contribution is 7.16. The van der Waals surface area contributed by atoms with Gasteiger partial charge in [-0.3, -0.25) is 14.6 Å². The number of hydrazine groups is 1. The van der Waals surface area contributed by atoms with E-state index < -0.39 is 17.7 Å². The predicted molar refractivity (Wildman–Crippen MR) is 185 cm³/mol. The Morgan fingerprint density at radius 1 is 1.02 bits per heavy atom. The number of thiazole rings is 1. The SMILES string of the molecule is CCOC(=O)c1cnc(-c2ccc(N(CC(=O)NCCN(CC)C(=O)OC(C)(C)C)CC(=O)N(C)N3Cc4ccccc4C3)c(C)c2)s1. The number of aryl methyl sites for hydroxylation is 1. The van der Waals surface area contributed by atoms with Gasteiger partial charge in [-0.25, -0.2) is 19.6 Å². The lowest BCUT2D eigenvalue weighted by atomic mass is 10.1. The number of rotatable bonds is 13. The van der Waals surface area contributed by atoms with Crippen LogP contribution < -0.4 is 10.2 Å². The summed E-state index contributed by atoms with van der Waals surface area (Å²) in [5, 5.41) is 7.17. The van der Waals surface area contributed by atoms with Gasteiger partial charge in [-0.15, -0.1) is 11.3 Å². The molecule has 0 spiro atoms. The number of aromatic nitrogens is 1. The molecule has 4 rings (SSSR count). The molecule has 0 saturated carbocycles. The molecule has 1 aromatic heterocycles. The van der Waals surface area contributed by atoms with E-state index in [1.54, 1.807) is 23.9 Å². The van der Waals surface area contributed by atoms with E-state index >= 15 is 0 Å². The van der Waals surface area contributed by atoms with Crippen LogP contribution in [-0.2, 0) is 32.2 Å². The summed E-state index contributed by atoms with van der Waals surface area (Å²) in [6.45, 7) is 13.3. The number of amides is 3. The van der Waals surface area contributed by atoms with Gasteiger partial charge in [-0.1, -0.05) is 24.3 Å². The maximum absolute atomic E-state index is 13.7. The molecule has 0 fully saturated rings. The smallest absolute Gasteiger partial charge is 0.410 e. The molecule has 12 nitrogen and oxygen atoms in total. The van der Waals surface area contributed by atoms with Crippen molar-refractivity contribution in [2.75, 3.05) is 51.3 Å². The molecule has 1 N–H and O–H groups in total. The van der Waals surface area contributed by atoms with Crippen molar-refractivity contribution < 1.29 is 28.7 Å².